The first kappa shape index (κ1) is 9.91. The molecular formula is C12H19NO. The van der Waals surface area contributed by atoms with Crippen molar-refractivity contribution in [3.8, 4) is 0 Å². The lowest BCUT2D eigenvalue weighted by Gasteiger charge is -2.21. The van der Waals surface area contributed by atoms with Gasteiger partial charge in [-0.05, 0) is 37.2 Å². The molecule has 1 fully saturated rings. The Bertz CT molecular complexity index is 259. The maximum absolute atomic E-state index is 5.70. The molecule has 0 saturated carbocycles. The zero-order chi connectivity index (χ0) is 9.97. The summed E-state index contributed by atoms with van der Waals surface area (Å²) in [6, 6.07) is 0. The molecule has 0 radical (unpaired) electrons. The lowest BCUT2D eigenvalue weighted by atomic mass is 9.92. The average Bonchev–Trinajstić information content (AvgIpc) is 2.70. The third-order valence-corrected chi connectivity index (χ3v) is 3.03. The Hall–Kier alpha value is -0.630. The Morgan fingerprint density at radius 3 is 3.00 bits per heavy atom. The second-order valence-corrected chi connectivity index (χ2v) is 4.42. The van der Waals surface area contributed by atoms with Gasteiger partial charge in [0, 0.05) is 12.8 Å². The van der Waals surface area contributed by atoms with Crippen LogP contribution >= 0.6 is 0 Å². The minimum absolute atomic E-state index is 0.295. The smallest absolute Gasteiger partial charge is 0.0994 e. The van der Waals surface area contributed by atoms with Crippen molar-refractivity contribution in [2.24, 2.45) is 10.9 Å². The van der Waals surface area contributed by atoms with Crippen LogP contribution in [0.3, 0.4) is 0 Å². The molecule has 0 aromatic rings. The van der Waals surface area contributed by atoms with Gasteiger partial charge in [-0.2, -0.15) is 0 Å². The molecule has 2 heterocycles. The normalized spacial score (nSPS) is 27.8. The summed E-state index contributed by atoms with van der Waals surface area (Å²) in [5.74, 6) is 0.617. The van der Waals surface area contributed by atoms with Crippen LogP contribution in [0.15, 0.2) is 16.3 Å². The lowest BCUT2D eigenvalue weighted by Crippen LogP contribution is -2.15. The van der Waals surface area contributed by atoms with Gasteiger partial charge in [0.05, 0.1) is 11.8 Å². The van der Waals surface area contributed by atoms with Crippen LogP contribution in [0.4, 0.5) is 0 Å². The molecule has 0 spiro atoms. The van der Waals surface area contributed by atoms with E-state index in [1.807, 2.05) is 6.21 Å². The summed E-state index contributed by atoms with van der Waals surface area (Å²) in [4.78, 5) is 4.54. The molecule has 2 rings (SSSR count). The molecule has 14 heavy (non-hydrogen) atoms. The second kappa shape index (κ2) is 4.26. The highest BCUT2D eigenvalue weighted by Gasteiger charge is 2.24. The van der Waals surface area contributed by atoms with Gasteiger partial charge in [-0.1, -0.05) is 13.8 Å². The zero-order valence-corrected chi connectivity index (χ0v) is 9.12. The summed E-state index contributed by atoms with van der Waals surface area (Å²) in [6.07, 6.45) is 6.96. The molecule has 0 amide bonds. The Labute approximate surface area is 86.1 Å². The molecule has 0 aliphatic carbocycles. The number of nitrogens with zero attached hydrogens (tertiary/aromatic N) is 1. The SMILES string of the molecule is CC(C)C1=C(C2CCCO2)N=CCC1. The molecule has 2 aliphatic rings. The Kier molecular flexibility index (Phi) is 3.02. The summed E-state index contributed by atoms with van der Waals surface area (Å²) in [6.45, 7) is 5.42. The third-order valence-electron chi connectivity index (χ3n) is 3.03. The molecule has 2 aliphatic heterocycles. The highest BCUT2D eigenvalue weighted by Crippen LogP contribution is 2.31. The minimum atomic E-state index is 0.295. The topological polar surface area (TPSA) is 21.6 Å². The van der Waals surface area contributed by atoms with Gasteiger partial charge in [0.1, 0.15) is 0 Å². The molecule has 1 saturated heterocycles. The van der Waals surface area contributed by atoms with Crippen molar-refractivity contribution >= 4 is 6.21 Å². The average molecular weight is 193 g/mol. The van der Waals surface area contributed by atoms with Crippen LogP contribution in [0.25, 0.3) is 0 Å². The number of rotatable bonds is 2. The number of hydrogen-bond acceptors (Lipinski definition) is 2. The van der Waals surface area contributed by atoms with E-state index in [-0.39, 0.29) is 0 Å². The van der Waals surface area contributed by atoms with E-state index in [0.29, 0.717) is 12.0 Å². The number of aliphatic imine (C=N–C) groups is 1. The van der Waals surface area contributed by atoms with Crippen molar-refractivity contribution in [3.63, 3.8) is 0 Å². The van der Waals surface area contributed by atoms with Crippen LogP contribution in [-0.2, 0) is 4.74 Å². The predicted octanol–water partition coefficient (Wildman–Crippen LogP) is 2.94. The highest BCUT2D eigenvalue weighted by molar-refractivity contribution is 5.62. The summed E-state index contributed by atoms with van der Waals surface area (Å²) in [5, 5.41) is 0. The van der Waals surface area contributed by atoms with Gasteiger partial charge in [-0.15, -0.1) is 0 Å². The van der Waals surface area contributed by atoms with Gasteiger partial charge in [0.2, 0.25) is 0 Å². The maximum Gasteiger partial charge on any atom is 0.0994 e. The molecular weight excluding hydrogens is 174 g/mol. The van der Waals surface area contributed by atoms with Crippen LogP contribution in [0.2, 0.25) is 0 Å². The van der Waals surface area contributed by atoms with Crippen molar-refractivity contribution in [1.82, 2.24) is 0 Å². The molecule has 0 N–H and O–H groups in total. The fraction of sp³-hybridized carbons (Fsp3) is 0.750. The molecule has 1 unspecified atom stereocenters. The van der Waals surface area contributed by atoms with E-state index < -0.39 is 0 Å². The van der Waals surface area contributed by atoms with Gasteiger partial charge in [0.15, 0.2) is 0 Å². The molecule has 0 aromatic heterocycles. The minimum Gasteiger partial charge on any atom is -0.372 e. The Morgan fingerprint density at radius 1 is 1.50 bits per heavy atom. The van der Waals surface area contributed by atoms with Crippen LogP contribution in [0.5, 0.6) is 0 Å². The summed E-state index contributed by atoms with van der Waals surface area (Å²) < 4.78 is 5.70. The first-order valence-electron chi connectivity index (χ1n) is 5.66. The van der Waals surface area contributed by atoms with Crippen LogP contribution in [0, 0.1) is 5.92 Å². The number of allylic oxidation sites excluding steroid dienone is 1. The van der Waals surface area contributed by atoms with Crippen molar-refractivity contribution in [2.75, 3.05) is 6.61 Å². The van der Waals surface area contributed by atoms with E-state index >= 15 is 0 Å². The molecule has 2 nitrogen and oxygen atoms in total. The standard InChI is InChI=1S/C12H19NO/c1-9(2)10-5-3-7-13-12(10)11-6-4-8-14-11/h7,9,11H,3-6,8H2,1-2H3. The van der Waals surface area contributed by atoms with Crippen molar-refractivity contribution in [2.45, 2.75) is 45.6 Å². The first-order chi connectivity index (χ1) is 6.79. The van der Waals surface area contributed by atoms with Crippen molar-refractivity contribution < 1.29 is 4.74 Å². The third kappa shape index (κ3) is 1.90. The van der Waals surface area contributed by atoms with Crippen LogP contribution < -0.4 is 0 Å². The van der Waals surface area contributed by atoms with Gasteiger partial charge < -0.3 is 4.74 Å². The van der Waals surface area contributed by atoms with E-state index in [1.165, 1.54) is 24.1 Å². The zero-order valence-electron chi connectivity index (χ0n) is 9.12. The monoisotopic (exact) mass is 193 g/mol. The van der Waals surface area contributed by atoms with Gasteiger partial charge in [-0.3, -0.25) is 4.99 Å². The summed E-state index contributed by atoms with van der Waals surface area (Å²) in [5.41, 5.74) is 2.75. The fourth-order valence-corrected chi connectivity index (χ4v) is 2.26. The van der Waals surface area contributed by atoms with Gasteiger partial charge in [0.25, 0.3) is 0 Å². The van der Waals surface area contributed by atoms with Gasteiger partial charge >= 0.3 is 0 Å². The maximum atomic E-state index is 5.70. The number of hydrogen-bond donors (Lipinski definition) is 0. The van der Waals surface area contributed by atoms with Crippen LogP contribution in [-0.4, -0.2) is 18.9 Å². The molecule has 0 bridgehead atoms. The quantitative estimate of drug-likeness (QED) is 0.660. The highest BCUT2D eigenvalue weighted by atomic mass is 16.5. The van der Waals surface area contributed by atoms with E-state index in [4.69, 9.17) is 4.74 Å². The molecule has 1 atom stereocenters. The van der Waals surface area contributed by atoms with Crippen LogP contribution in [0.1, 0.15) is 39.5 Å². The van der Waals surface area contributed by atoms with E-state index in [9.17, 15) is 0 Å². The summed E-state index contributed by atoms with van der Waals surface area (Å²) >= 11 is 0. The first-order valence-corrected chi connectivity index (χ1v) is 5.66. The van der Waals surface area contributed by atoms with Crippen molar-refractivity contribution in [1.29, 1.82) is 0 Å². The van der Waals surface area contributed by atoms with E-state index in [2.05, 4.69) is 18.8 Å². The predicted molar refractivity (Wildman–Crippen MR) is 58.6 cm³/mol. The van der Waals surface area contributed by atoms with E-state index in [0.717, 1.165) is 19.4 Å². The fourth-order valence-electron chi connectivity index (χ4n) is 2.26. The Morgan fingerprint density at radius 2 is 2.36 bits per heavy atom. The summed E-state index contributed by atoms with van der Waals surface area (Å²) in [7, 11) is 0. The van der Waals surface area contributed by atoms with E-state index in [1.54, 1.807) is 0 Å². The van der Waals surface area contributed by atoms with Crippen molar-refractivity contribution in [3.05, 3.63) is 11.3 Å². The van der Waals surface area contributed by atoms with Gasteiger partial charge in [-0.25, -0.2) is 0 Å². The number of ether oxygens (including phenoxy) is 1. The Balaban J connectivity index is 2.22. The molecule has 78 valence electrons. The second-order valence-electron chi connectivity index (χ2n) is 4.42. The molecule has 0 aromatic carbocycles. The lowest BCUT2D eigenvalue weighted by molar-refractivity contribution is 0.134. The molecule has 2 heteroatoms. The largest absolute Gasteiger partial charge is 0.372 e.